The summed E-state index contributed by atoms with van der Waals surface area (Å²) in [6.07, 6.45) is 4.12. The van der Waals surface area contributed by atoms with Crippen molar-refractivity contribution in [3.05, 3.63) is 6.42 Å². The fourth-order valence-corrected chi connectivity index (χ4v) is 5.08. The molecule has 0 aromatic heterocycles. The second-order valence-electron chi connectivity index (χ2n) is 3.43. The van der Waals surface area contributed by atoms with Gasteiger partial charge in [0.1, 0.15) is 5.78 Å². The molecule has 0 bridgehead atoms. The Morgan fingerprint density at radius 2 is 2.08 bits per heavy atom. The molecule has 2 fully saturated rings. The Bertz CT molecular complexity index is 202. The summed E-state index contributed by atoms with van der Waals surface area (Å²) >= 11 is 4.05. The zero-order valence-corrected chi connectivity index (χ0v) is 12.3. The molecular weight excluding hydrogens is 277 g/mol. The number of carbonyl (C=O) groups is 1. The first-order chi connectivity index (χ1) is 5.72. The molecule has 1 aliphatic heterocycles. The van der Waals surface area contributed by atoms with E-state index in [-0.39, 0.29) is 38.6 Å². The zero-order valence-electron chi connectivity index (χ0n) is 7.79. The Hall–Kier alpha value is 1.47. The molecule has 1 nitrogen and oxygen atoms in total. The summed E-state index contributed by atoms with van der Waals surface area (Å²) in [5.74, 6) is 3.12. The van der Waals surface area contributed by atoms with Crippen LogP contribution in [-0.2, 0) is 37.5 Å². The first-order valence-corrected chi connectivity index (χ1v) is 6.36. The van der Waals surface area contributed by atoms with Gasteiger partial charge in [-0.3, -0.25) is 6.42 Å². The maximum atomic E-state index is 11.3. The molecule has 1 spiro atoms. The summed E-state index contributed by atoms with van der Waals surface area (Å²) in [5, 5.41) is 0. The van der Waals surface area contributed by atoms with Gasteiger partial charge in [0.25, 0.3) is 0 Å². The Kier molecular flexibility index (Phi) is 4.83. The molecule has 2 aliphatic rings. The van der Waals surface area contributed by atoms with E-state index in [1.807, 2.05) is 30.4 Å². The van der Waals surface area contributed by atoms with Gasteiger partial charge in [-0.1, -0.05) is 17.4 Å². The first kappa shape index (κ1) is 12.5. The third-order valence-electron chi connectivity index (χ3n) is 2.51. The Balaban J connectivity index is 0.000000845. The van der Waals surface area contributed by atoms with Crippen LogP contribution in [0.5, 0.6) is 0 Å². The van der Waals surface area contributed by atoms with E-state index in [0.29, 0.717) is 9.86 Å². The number of carbonyl (C=O) groups excluding carboxylic acids is 1. The maximum absolute atomic E-state index is 11.3. The predicted octanol–water partition coefficient (Wildman–Crippen LogP) is 2.36. The van der Waals surface area contributed by atoms with Crippen molar-refractivity contribution in [1.82, 2.24) is 0 Å². The predicted molar refractivity (Wildman–Crippen MR) is 55.4 cm³/mol. The molecule has 0 N–H and O–H groups in total. The number of ketones is 1. The molecule has 4 heteroatoms. The van der Waals surface area contributed by atoms with Gasteiger partial charge in [0.05, 0.1) is 0 Å². The van der Waals surface area contributed by atoms with Crippen molar-refractivity contribution in [2.24, 2.45) is 5.92 Å². The quantitative estimate of drug-likeness (QED) is 0.638. The number of hydrogen-bond donors (Lipinski definition) is 0. The van der Waals surface area contributed by atoms with Gasteiger partial charge >= 0.3 is 0 Å². The summed E-state index contributed by atoms with van der Waals surface area (Å²) in [4.78, 5) is 11.3. The Morgan fingerprint density at radius 3 is 2.62 bits per heavy atom. The molecule has 2 rings (SSSR count). The van der Waals surface area contributed by atoms with Crippen LogP contribution in [-0.4, -0.2) is 21.4 Å². The molecule has 71 valence electrons. The Labute approximate surface area is 113 Å². The molecule has 1 aliphatic carbocycles. The van der Waals surface area contributed by atoms with Crippen LogP contribution in [0.3, 0.4) is 0 Å². The fourth-order valence-electron chi connectivity index (χ4n) is 1.79. The van der Waals surface area contributed by atoms with Crippen molar-refractivity contribution in [1.29, 1.82) is 0 Å². The Morgan fingerprint density at radius 1 is 1.46 bits per heavy atom. The minimum atomic E-state index is 0. The van der Waals surface area contributed by atoms with Crippen LogP contribution in [0, 0.1) is 12.3 Å². The third kappa shape index (κ3) is 2.73. The van der Waals surface area contributed by atoms with Crippen LogP contribution in [0.25, 0.3) is 0 Å². The summed E-state index contributed by atoms with van der Waals surface area (Å²) in [5.41, 5.74) is 0. The monoisotopic (exact) mass is 290 g/mol. The summed E-state index contributed by atoms with van der Waals surface area (Å²) in [6.45, 7) is 2.03. The average Bonchev–Trinajstić information content (AvgIpc) is 2.47. The van der Waals surface area contributed by atoms with Crippen molar-refractivity contribution in [3.8, 4) is 0 Å². The van der Waals surface area contributed by atoms with Crippen LogP contribution < -0.4 is 0 Å². The maximum Gasteiger partial charge on any atom is 0.106 e. The van der Waals surface area contributed by atoms with Crippen LogP contribution in [0.15, 0.2) is 0 Å². The number of thioether (sulfide) groups is 2. The molecule has 0 aromatic rings. The van der Waals surface area contributed by atoms with Gasteiger partial charge in [-0.15, -0.1) is 5.92 Å². The molecule has 1 radical (unpaired) electrons. The molecule has 1 unspecified atom stereocenters. The van der Waals surface area contributed by atoms with Crippen molar-refractivity contribution in [2.75, 3.05) is 11.5 Å². The number of hydrogen-bond acceptors (Lipinski definition) is 3. The van der Waals surface area contributed by atoms with E-state index in [1.165, 1.54) is 11.5 Å². The molecular formula is C9H13OS2Y-. The molecule has 1 saturated heterocycles. The van der Waals surface area contributed by atoms with E-state index in [1.54, 1.807) is 0 Å². The summed E-state index contributed by atoms with van der Waals surface area (Å²) < 4.78 is 0.313. The third-order valence-corrected chi connectivity index (χ3v) is 5.95. The topological polar surface area (TPSA) is 17.1 Å². The van der Waals surface area contributed by atoms with Gasteiger partial charge in [0.2, 0.25) is 0 Å². The fraction of sp³-hybridized carbons (Fsp3) is 0.778. The molecule has 0 amide bonds. The number of rotatable bonds is 0. The van der Waals surface area contributed by atoms with Gasteiger partial charge < -0.3 is 4.79 Å². The SMILES string of the molecule is CC1[CH-]C2(CCC1=O)SCCS2.[Y]. The van der Waals surface area contributed by atoms with Gasteiger partial charge in [-0.25, -0.2) is 0 Å². The van der Waals surface area contributed by atoms with Crippen molar-refractivity contribution in [2.45, 2.75) is 23.8 Å². The number of Topliss-reactive ketones (excluding diaryl/α,β-unsaturated/α-hetero) is 1. The van der Waals surface area contributed by atoms with Crippen LogP contribution >= 0.6 is 23.5 Å². The second kappa shape index (κ2) is 5.00. The van der Waals surface area contributed by atoms with Gasteiger partial charge in [0, 0.05) is 50.6 Å². The summed E-state index contributed by atoms with van der Waals surface area (Å²) in [6, 6.07) is 0. The smallest absolute Gasteiger partial charge is 0.106 e. The van der Waals surface area contributed by atoms with Crippen LogP contribution in [0.2, 0.25) is 0 Å². The molecule has 1 saturated carbocycles. The molecule has 1 atom stereocenters. The van der Waals surface area contributed by atoms with E-state index in [0.717, 1.165) is 12.8 Å². The van der Waals surface area contributed by atoms with E-state index in [2.05, 4.69) is 6.42 Å². The van der Waals surface area contributed by atoms with Crippen LogP contribution in [0.4, 0.5) is 0 Å². The van der Waals surface area contributed by atoms with E-state index in [4.69, 9.17) is 0 Å². The molecule has 0 aromatic carbocycles. The van der Waals surface area contributed by atoms with Crippen LogP contribution in [0.1, 0.15) is 19.8 Å². The minimum Gasteiger partial charge on any atom is -0.302 e. The van der Waals surface area contributed by atoms with E-state index in [9.17, 15) is 4.79 Å². The van der Waals surface area contributed by atoms with E-state index < -0.39 is 0 Å². The molecule has 13 heavy (non-hydrogen) atoms. The largest absolute Gasteiger partial charge is 0.302 e. The first-order valence-electron chi connectivity index (χ1n) is 4.38. The standard InChI is InChI=1S/C9H13OS2.Y/c1-7-6-9(3-2-8(7)10)11-4-5-12-9;/h6-7H,2-5H2,1H3;/q-1;. The normalized spacial score (nSPS) is 31.8. The van der Waals surface area contributed by atoms with Crippen molar-refractivity contribution in [3.63, 3.8) is 0 Å². The average molecular weight is 290 g/mol. The van der Waals surface area contributed by atoms with Crippen molar-refractivity contribution < 1.29 is 37.5 Å². The van der Waals surface area contributed by atoms with Gasteiger partial charge in [0.15, 0.2) is 0 Å². The van der Waals surface area contributed by atoms with Crippen molar-refractivity contribution >= 4 is 29.3 Å². The zero-order chi connectivity index (χ0) is 8.60. The second-order valence-corrected chi connectivity index (χ2v) is 6.54. The molecule has 1 heterocycles. The van der Waals surface area contributed by atoms with E-state index >= 15 is 0 Å². The van der Waals surface area contributed by atoms with Gasteiger partial charge in [-0.2, -0.15) is 23.5 Å². The summed E-state index contributed by atoms with van der Waals surface area (Å²) in [7, 11) is 0. The van der Waals surface area contributed by atoms with Gasteiger partial charge in [-0.05, 0) is 0 Å². The minimum absolute atomic E-state index is 0.